The lowest BCUT2D eigenvalue weighted by molar-refractivity contribution is 0.399. The van der Waals surface area contributed by atoms with Gasteiger partial charge in [-0.15, -0.1) is 0 Å². The van der Waals surface area contributed by atoms with Crippen molar-refractivity contribution in [2.75, 3.05) is 0 Å². The lowest BCUT2D eigenvalue weighted by atomic mass is 9.94. The summed E-state index contributed by atoms with van der Waals surface area (Å²) in [6, 6.07) is 0.563. The predicted molar refractivity (Wildman–Crippen MR) is 51.9 cm³/mol. The average Bonchev–Trinajstić information content (AvgIpc) is 2.75. The summed E-state index contributed by atoms with van der Waals surface area (Å²) in [4.78, 5) is 0. The van der Waals surface area contributed by atoms with Gasteiger partial charge < -0.3 is 5.73 Å². The highest BCUT2D eigenvalue weighted by molar-refractivity contribution is 5.06. The third-order valence-electron chi connectivity index (χ3n) is 4.17. The topological polar surface area (TPSA) is 26.0 Å². The van der Waals surface area contributed by atoms with E-state index in [9.17, 15) is 0 Å². The molecule has 0 saturated heterocycles. The van der Waals surface area contributed by atoms with Crippen LogP contribution in [0.25, 0.3) is 0 Å². The zero-order valence-electron chi connectivity index (χ0n) is 8.18. The molecule has 2 fully saturated rings. The quantitative estimate of drug-likeness (QED) is 0.638. The van der Waals surface area contributed by atoms with Crippen molar-refractivity contribution in [1.82, 2.24) is 0 Å². The van der Waals surface area contributed by atoms with Crippen molar-refractivity contribution in [3.8, 4) is 0 Å². The Morgan fingerprint density at radius 2 is 2.08 bits per heavy atom. The standard InChI is InChI=1S/C11H21N/c1-2-9-4-3-6-11(7-5-9)8-10(11)12/h9-10H,2-8,12H2,1H3. The summed E-state index contributed by atoms with van der Waals surface area (Å²) in [6.45, 7) is 2.33. The summed E-state index contributed by atoms with van der Waals surface area (Å²) in [5.41, 5.74) is 6.62. The highest BCUT2D eigenvalue weighted by Crippen LogP contribution is 2.54. The second kappa shape index (κ2) is 3.02. The minimum Gasteiger partial charge on any atom is -0.327 e. The van der Waals surface area contributed by atoms with Crippen LogP contribution in [0.4, 0.5) is 0 Å². The molecule has 2 aliphatic rings. The van der Waals surface area contributed by atoms with E-state index in [1.54, 1.807) is 0 Å². The molecule has 3 unspecified atom stereocenters. The van der Waals surface area contributed by atoms with Gasteiger partial charge >= 0.3 is 0 Å². The van der Waals surface area contributed by atoms with Gasteiger partial charge in [-0.1, -0.05) is 26.2 Å². The van der Waals surface area contributed by atoms with Crippen molar-refractivity contribution in [2.45, 2.75) is 57.9 Å². The molecule has 1 spiro atoms. The lowest BCUT2D eigenvalue weighted by Crippen LogP contribution is -2.13. The summed E-state index contributed by atoms with van der Waals surface area (Å²) >= 11 is 0. The van der Waals surface area contributed by atoms with Gasteiger partial charge in [0.2, 0.25) is 0 Å². The molecule has 0 aromatic heterocycles. The largest absolute Gasteiger partial charge is 0.327 e. The van der Waals surface area contributed by atoms with Crippen LogP contribution in [-0.4, -0.2) is 6.04 Å². The third-order valence-corrected chi connectivity index (χ3v) is 4.17. The van der Waals surface area contributed by atoms with E-state index >= 15 is 0 Å². The molecule has 70 valence electrons. The molecule has 0 radical (unpaired) electrons. The first-order valence-electron chi connectivity index (χ1n) is 5.52. The first-order valence-corrected chi connectivity index (χ1v) is 5.52. The highest BCUT2D eigenvalue weighted by atomic mass is 14.8. The van der Waals surface area contributed by atoms with Gasteiger partial charge in [-0.05, 0) is 37.0 Å². The summed E-state index contributed by atoms with van der Waals surface area (Å²) in [5, 5.41) is 0. The van der Waals surface area contributed by atoms with Crippen molar-refractivity contribution < 1.29 is 0 Å². The summed E-state index contributed by atoms with van der Waals surface area (Å²) < 4.78 is 0. The molecule has 3 atom stereocenters. The van der Waals surface area contributed by atoms with Gasteiger partial charge in [0.1, 0.15) is 0 Å². The molecule has 0 aromatic carbocycles. The number of rotatable bonds is 1. The first-order chi connectivity index (χ1) is 5.77. The van der Waals surface area contributed by atoms with Crippen LogP contribution in [0.3, 0.4) is 0 Å². The van der Waals surface area contributed by atoms with E-state index in [2.05, 4.69) is 6.92 Å². The molecule has 12 heavy (non-hydrogen) atoms. The maximum atomic E-state index is 5.99. The Bertz CT molecular complexity index is 166. The minimum absolute atomic E-state index is 0.563. The highest BCUT2D eigenvalue weighted by Gasteiger charge is 2.51. The van der Waals surface area contributed by atoms with Gasteiger partial charge in [-0.2, -0.15) is 0 Å². The Morgan fingerprint density at radius 1 is 1.33 bits per heavy atom. The van der Waals surface area contributed by atoms with E-state index in [0.717, 1.165) is 5.92 Å². The fourth-order valence-corrected chi connectivity index (χ4v) is 2.87. The molecule has 2 saturated carbocycles. The van der Waals surface area contributed by atoms with E-state index in [4.69, 9.17) is 5.73 Å². The van der Waals surface area contributed by atoms with Crippen LogP contribution in [0.5, 0.6) is 0 Å². The molecule has 0 bridgehead atoms. The van der Waals surface area contributed by atoms with E-state index in [-0.39, 0.29) is 0 Å². The molecule has 0 amide bonds. The van der Waals surface area contributed by atoms with Crippen molar-refractivity contribution in [3.05, 3.63) is 0 Å². The average molecular weight is 167 g/mol. The van der Waals surface area contributed by atoms with Gasteiger partial charge in [0, 0.05) is 6.04 Å². The van der Waals surface area contributed by atoms with Crippen LogP contribution in [0.2, 0.25) is 0 Å². The first kappa shape index (κ1) is 8.55. The zero-order valence-corrected chi connectivity index (χ0v) is 8.18. The smallest absolute Gasteiger partial charge is 0.0102 e. The van der Waals surface area contributed by atoms with Crippen LogP contribution >= 0.6 is 0 Å². The van der Waals surface area contributed by atoms with Crippen LogP contribution in [0.1, 0.15) is 51.9 Å². The number of nitrogens with two attached hydrogens (primary N) is 1. The summed E-state index contributed by atoms with van der Waals surface area (Å²) in [6.07, 6.45) is 9.90. The molecular weight excluding hydrogens is 146 g/mol. The number of hydrogen-bond donors (Lipinski definition) is 1. The second-order valence-corrected chi connectivity index (χ2v) is 4.88. The molecule has 2 rings (SSSR count). The Morgan fingerprint density at radius 3 is 2.67 bits per heavy atom. The van der Waals surface area contributed by atoms with Crippen molar-refractivity contribution in [3.63, 3.8) is 0 Å². The normalized spacial score (nSPS) is 47.5. The Hall–Kier alpha value is -0.0400. The summed E-state index contributed by atoms with van der Waals surface area (Å²) in [5.74, 6) is 1.01. The minimum atomic E-state index is 0.563. The fraction of sp³-hybridized carbons (Fsp3) is 1.00. The zero-order chi connectivity index (χ0) is 8.60. The van der Waals surface area contributed by atoms with E-state index < -0.39 is 0 Å². The summed E-state index contributed by atoms with van der Waals surface area (Å²) in [7, 11) is 0. The van der Waals surface area contributed by atoms with Crippen LogP contribution in [0, 0.1) is 11.3 Å². The molecule has 2 aliphatic carbocycles. The fourth-order valence-electron chi connectivity index (χ4n) is 2.87. The molecule has 0 aromatic rings. The van der Waals surface area contributed by atoms with Gasteiger partial charge in [0.05, 0.1) is 0 Å². The molecular formula is C11H21N. The van der Waals surface area contributed by atoms with Crippen LogP contribution in [0.15, 0.2) is 0 Å². The molecule has 0 heterocycles. The van der Waals surface area contributed by atoms with Gasteiger partial charge in [0.25, 0.3) is 0 Å². The second-order valence-electron chi connectivity index (χ2n) is 4.88. The third kappa shape index (κ3) is 1.39. The molecule has 0 aliphatic heterocycles. The molecule has 1 nitrogen and oxygen atoms in total. The van der Waals surface area contributed by atoms with Crippen molar-refractivity contribution >= 4 is 0 Å². The SMILES string of the molecule is CCC1CCCC2(CC1)CC2N. The van der Waals surface area contributed by atoms with Gasteiger partial charge in [-0.25, -0.2) is 0 Å². The maximum absolute atomic E-state index is 5.99. The van der Waals surface area contributed by atoms with Crippen molar-refractivity contribution in [2.24, 2.45) is 17.1 Å². The maximum Gasteiger partial charge on any atom is 0.0102 e. The van der Waals surface area contributed by atoms with E-state index in [1.807, 2.05) is 0 Å². The monoisotopic (exact) mass is 167 g/mol. The van der Waals surface area contributed by atoms with E-state index in [1.165, 1.54) is 44.9 Å². The van der Waals surface area contributed by atoms with Crippen LogP contribution < -0.4 is 5.73 Å². The molecule has 2 N–H and O–H groups in total. The Kier molecular flexibility index (Phi) is 2.16. The van der Waals surface area contributed by atoms with Crippen LogP contribution in [-0.2, 0) is 0 Å². The number of hydrogen-bond acceptors (Lipinski definition) is 1. The van der Waals surface area contributed by atoms with E-state index in [0.29, 0.717) is 11.5 Å². The van der Waals surface area contributed by atoms with Crippen molar-refractivity contribution in [1.29, 1.82) is 0 Å². The van der Waals surface area contributed by atoms with Gasteiger partial charge in [-0.3, -0.25) is 0 Å². The predicted octanol–water partition coefficient (Wildman–Crippen LogP) is 2.69. The lowest BCUT2D eigenvalue weighted by Gasteiger charge is -2.12. The Labute approximate surface area is 75.7 Å². The van der Waals surface area contributed by atoms with Gasteiger partial charge in [0.15, 0.2) is 0 Å². The Balaban J connectivity index is 1.90. The molecule has 1 heteroatoms.